The van der Waals surface area contributed by atoms with Crippen LogP contribution in [0, 0.1) is 23.7 Å². The molecular formula is C31H35ClN2O2. The van der Waals surface area contributed by atoms with Crippen LogP contribution in [0.1, 0.15) is 36.0 Å². The molecule has 188 valence electrons. The Bertz CT molecular complexity index is 1120. The number of likely N-dealkylation sites (tertiary alicyclic amines) is 1. The summed E-state index contributed by atoms with van der Waals surface area (Å²) < 4.78 is 0. The van der Waals surface area contributed by atoms with Crippen LogP contribution in [-0.2, 0) is 4.79 Å². The number of fused-ring (bicyclic) bond motifs is 1. The fourth-order valence-corrected chi connectivity index (χ4v) is 5.82. The number of hydrogen-bond acceptors (Lipinski definition) is 3. The third-order valence-electron chi connectivity index (χ3n) is 7.84. The molecule has 0 aromatic heterocycles. The molecule has 36 heavy (non-hydrogen) atoms. The maximum absolute atomic E-state index is 13.5. The summed E-state index contributed by atoms with van der Waals surface area (Å²) in [5, 5.41) is 3.35. The Morgan fingerprint density at radius 3 is 2.56 bits per heavy atom. The van der Waals surface area contributed by atoms with Crippen molar-refractivity contribution in [2.24, 2.45) is 23.7 Å². The lowest BCUT2D eigenvalue weighted by Gasteiger charge is -2.40. The Morgan fingerprint density at radius 2 is 1.78 bits per heavy atom. The first kappa shape index (κ1) is 26.0. The van der Waals surface area contributed by atoms with Gasteiger partial charge in [0.15, 0.2) is 0 Å². The van der Waals surface area contributed by atoms with Crippen molar-refractivity contribution < 1.29 is 9.59 Å². The van der Waals surface area contributed by atoms with E-state index in [0.29, 0.717) is 30.7 Å². The molecule has 4 unspecified atom stereocenters. The van der Waals surface area contributed by atoms with Gasteiger partial charge in [-0.2, -0.15) is 0 Å². The molecule has 1 saturated heterocycles. The van der Waals surface area contributed by atoms with E-state index in [9.17, 15) is 9.59 Å². The molecule has 0 radical (unpaired) electrons. The molecule has 1 amide bonds. The zero-order valence-corrected chi connectivity index (χ0v) is 21.4. The molecule has 2 aromatic rings. The standard InChI is InChI=1S/C31H34N2O2.ClH/c34-20-4-7-26-16-19-33(22-30(26)29-13-10-25-14-17-32-18-15-28(25)21-29)31(35)27-11-8-24(9-12-27)23-5-2-1-3-6-23;/h1-3,5-6,8-13,15,18,20-21,25-26,28,30,32H,4,7,14,16-17,19,22H2;1H. The van der Waals surface area contributed by atoms with Crippen molar-refractivity contribution in [2.45, 2.75) is 25.7 Å². The number of aldehydes is 1. The molecule has 1 N–H and O–H groups in total. The van der Waals surface area contributed by atoms with Gasteiger partial charge in [-0.15, -0.1) is 12.4 Å². The van der Waals surface area contributed by atoms with Crippen molar-refractivity contribution in [1.82, 2.24) is 10.2 Å². The maximum Gasteiger partial charge on any atom is 0.253 e. The third-order valence-corrected chi connectivity index (χ3v) is 7.84. The highest BCUT2D eigenvalue weighted by molar-refractivity contribution is 5.94. The van der Waals surface area contributed by atoms with Crippen molar-refractivity contribution >= 4 is 24.6 Å². The summed E-state index contributed by atoms with van der Waals surface area (Å²) in [5.74, 6) is 1.71. The fraction of sp³-hybridized carbons (Fsp3) is 0.355. The number of rotatable bonds is 6. The van der Waals surface area contributed by atoms with E-state index in [-0.39, 0.29) is 24.2 Å². The molecule has 4 nitrogen and oxygen atoms in total. The number of amides is 1. The predicted molar refractivity (Wildman–Crippen MR) is 148 cm³/mol. The Hall–Kier alpha value is -3.11. The Kier molecular flexibility index (Phi) is 8.82. The predicted octanol–water partition coefficient (Wildman–Crippen LogP) is 6.07. The Morgan fingerprint density at radius 1 is 1.00 bits per heavy atom. The number of nitrogens with one attached hydrogen (secondary N) is 1. The van der Waals surface area contributed by atoms with Gasteiger partial charge >= 0.3 is 0 Å². The second-order valence-electron chi connectivity index (χ2n) is 9.96. The minimum atomic E-state index is 0. The fourth-order valence-electron chi connectivity index (χ4n) is 5.82. The third kappa shape index (κ3) is 5.82. The van der Waals surface area contributed by atoms with E-state index in [1.807, 2.05) is 47.4 Å². The van der Waals surface area contributed by atoms with E-state index in [1.54, 1.807) is 0 Å². The second-order valence-corrected chi connectivity index (χ2v) is 9.96. The highest BCUT2D eigenvalue weighted by atomic mass is 35.5. The van der Waals surface area contributed by atoms with Gasteiger partial charge < -0.3 is 15.0 Å². The molecule has 4 atom stereocenters. The van der Waals surface area contributed by atoms with E-state index in [1.165, 1.54) is 5.57 Å². The Balaban J connectivity index is 0.00000304. The van der Waals surface area contributed by atoms with Gasteiger partial charge in [-0.3, -0.25) is 4.79 Å². The quantitative estimate of drug-likeness (QED) is 0.488. The number of benzene rings is 2. The summed E-state index contributed by atoms with van der Waals surface area (Å²) in [4.78, 5) is 26.6. The van der Waals surface area contributed by atoms with Crippen molar-refractivity contribution in [2.75, 3.05) is 19.6 Å². The van der Waals surface area contributed by atoms with Gasteiger partial charge in [-0.05, 0) is 66.1 Å². The van der Waals surface area contributed by atoms with Crippen molar-refractivity contribution in [1.29, 1.82) is 0 Å². The topological polar surface area (TPSA) is 49.4 Å². The monoisotopic (exact) mass is 502 g/mol. The van der Waals surface area contributed by atoms with Gasteiger partial charge in [0.05, 0.1) is 0 Å². The van der Waals surface area contributed by atoms with Crippen LogP contribution in [0.4, 0.5) is 0 Å². The van der Waals surface area contributed by atoms with Gasteiger partial charge in [0.2, 0.25) is 0 Å². The zero-order valence-electron chi connectivity index (χ0n) is 20.6. The van der Waals surface area contributed by atoms with E-state index in [0.717, 1.165) is 55.3 Å². The van der Waals surface area contributed by atoms with E-state index in [2.05, 4.69) is 48.0 Å². The average molecular weight is 503 g/mol. The number of allylic oxidation sites excluding steroid dienone is 4. The smallest absolute Gasteiger partial charge is 0.253 e. The van der Waals surface area contributed by atoms with Crippen LogP contribution in [0.25, 0.3) is 11.1 Å². The highest BCUT2D eigenvalue weighted by Gasteiger charge is 2.34. The van der Waals surface area contributed by atoms with E-state index >= 15 is 0 Å². The molecule has 0 saturated carbocycles. The lowest BCUT2D eigenvalue weighted by atomic mass is 9.73. The zero-order chi connectivity index (χ0) is 24.0. The van der Waals surface area contributed by atoms with Crippen LogP contribution in [0.3, 0.4) is 0 Å². The lowest BCUT2D eigenvalue weighted by molar-refractivity contribution is -0.108. The molecular weight excluding hydrogens is 468 g/mol. The number of carbonyl (C=O) groups is 2. The summed E-state index contributed by atoms with van der Waals surface area (Å²) in [6, 6.07) is 18.2. The summed E-state index contributed by atoms with van der Waals surface area (Å²) in [7, 11) is 0. The normalized spacial score (nSPS) is 25.0. The van der Waals surface area contributed by atoms with Crippen LogP contribution < -0.4 is 5.32 Å². The Labute approximate surface area is 220 Å². The minimum absolute atomic E-state index is 0. The summed E-state index contributed by atoms with van der Waals surface area (Å²) in [5.41, 5.74) is 4.33. The first-order chi connectivity index (χ1) is 17.2. The molecule has 0 bridgehead atoms. The SMILES string of the molecule is Cl.O=CCCC1CCN(C(=O)c2ccc(-c3ccccc3)cc2)CC1C1=CC2C=CNCCC2C=C1. The molecule has 2 aliphatic heterocycles. The average Bonchev–Trinajstić information content (AvgIpc) is 3.17. The molecule has 0 spiro atoms. The summed E-state index contributed by atoms with van der Waals surface area (Å²) in [6.07, 6.45) is 16.0. The number of piperidine rings is 1. The lowest BCUT2D eigenvalue weighted by Crippen LogP contribution is -2.44. The summed E-state index contributed by atoms with van der Waals surface area (Å²) in [6.45, 7) is 2.45. The van der Waals surface area contributed by atoms with Gasteiger partial charge in [0.25, 0.3) is 5.91 Å². The van der Waals surface area contributed by atoms with Gasteiger partial charge in [-0.1, -0.05) is 66.8 Å². The van der Waals surface area contributed by atoms with Gasteiger partial charge in [0.1, 0.15) is 6.29 Å². The number of hydrogen-bond donors (Lipinski definition) is 1. The molecule has 1 aliphatic carbocycles. The van der Waals surface area contributed by atoms with E-state index < -0.39 is 0 Å². The molecule has 2 aromatic carbocycles. The van der Waals surface area contributed by atoms with Crippen LogP contribution in [0.15, 0.2) is 90.7 Å². The number of nitrogens with zero attached hydrogens (tertiary/aromatic N) is 1. The maximum atomic E-state index is 13.5. The van der Waals surface area contributed by atoms with Gasteiger partial charge in [0, 0.05) is 43.5 Å². The second kappa shape index (κ2) is 12.2. The van der Waals surface area contributed by atoms with Crippen LogP contribution in [-0.4, -0.2) is 36.7 Å². The minimum Gasteiger partial charge on any atom is -0.391 e. The van der Waals surface area contributed by atoms with Crippen LogP contribution in [0.2, 0.25) is 0 Å². The van der Waals surface area contributed by atoms with Crippen molar-refractivity contribution in [3.63, 3.8) is 0 Å². The molecule has 5 heteroatoms. The highest BCUT2D eigenvalue weighted by Crippen LogP contribution is 2.38. The van der Waals surface area contributed by atoms with Crippen molar-refractivity contribution in [3.05, 3.63) is 96.2 Å². The first-order valence-corrected chi connectivity index (χ1v) is 12.9. The van der Waals surface area contributed by atoms with Crippen LogP contribution in [0.5, 0.6) is 0 Å². The number of halogens is 1. The molecule has 3 aliphatic rings. The summed E-state index contributed by atoms with van der Waals surface area (Å²) >= 11 is 0. The molecule has 5 rings (SSSR count). The van der Waals surface area contributed by atoms with Crippen LogP contribution >= 0.6 is 12.4 Å². The molecule has 1 fully saturated rings. The first-order valence-electron chi connectivity index (χ1n) is 12.9. The largest absolute Gasteiger partial charge is 0.391 e. The molecule has 2 heterocycles. The van der Waals surface area contributed by atoms with Crippen molar-refractivity contribution in [3.8, 4) is 11.1 Å². The van der Waals surface area contributed by atoms with E-state index in [4.69, 9.17) is 0 Å². The number of carbonyl (C=O) groups excluding carboxylic acids is 2. The van der Waals surface area contributed by atoms with Gasteiger partial charge in [-0.25, -0.2) is 0 Å².